The highest BCUT2D eigenvalue weighted by atomic mass is 32.2. The standard InChI is InChI=1S/C14H15N3O4S/c1-8(9-3-5-10(21-2)6-4-9)16-17-14-15-13(20)11(22-14)7-12(18)19/h3-6,11H,7H2,1-2H3,(H,18,19)(H,15,17,20)/p-1/b16-8+/t11-/m0/s1. The van der Waals surface area contributed by atoms with Crippen LogP contribution in [0.25, 0.3) is 0 Å². The van der Waals surface area contributed by atoms with Crippen LogP contribution in [-0.4, -0.2) is 35.1 Å². The molecule has 0 saturated carbocycles. The van der Waals surface area contributed by atoms with Crippen molar-refractivity contribution in [3.05, 3.63) is 29.8 Å². The van der Waals surface area contributed by atoms with Crippen molar-refractivity contribution in [1.82, 2.24) is 5.32 Å². The van der Waals surface area contributed by atoms with Crippen LogP contribution in [0.4, 0.5) is 0 Å². The minimum atomic E-state index is -1.27. The van der Waals surface area contributed by atoms with Crippen LogP contribution >= 0.6 is 11.8 Å². The number of methoxy groups -OCH3 is 1. The molecule has 2 rings (SSSR count). The SMILES string of the molecule is COc1ccc(/C(C)=N/N=C2\NC(=O)[C@H](CC(=O)[O-])S2)cc1. The molecular formula is C14H14N3O4S-. The van der Waals surface area contributed by atoms with Crippen LogP contribution in [0.3, 0.4) is 0 Å². The molecule has 1 N–H and O–H groups in total. The lowest BCUT2D eigenvalue weighted by molar-refractivity contribution is -0.305. The van der Waals surface area contributed by atoms with Crippen LogP contribution < -0.4 is 15.2 Å². The van der Waals surface area contributed by atoms with Gasteiger partial charge in [0, 0.05) is 12.4 Å². The number of carboxylic acids is 1. The lowest BCUT2D eigenvalue weighted by atomic mass is 10.1. The van der Waals surface area contributed by atoms with Gasteiger partial charge in [-0.1, -0.05) is 11.8 Å². The van der Waals surface area contributed by atoms with E-state index in [1.54, 1.807) is 14.0 Å². The summed E-state index contributed by atoms with van der Waals surface area (Å²) in [4.78, 5) is 22.1. The first kappa shape index (κ1) is 16.0. The van der Waals surface area contributed by atoms with Gasteiger partial charge in [-0.2, -0.15) is 5.10 Å². The van der Waals surface area contributed by atoms with E-state index in [2.05, 4.69) is 15.5 Å². The Morgan fingerprint density at radius 2 is 2.09 bits per heavy atom. The normalized spacial score (nSPS) is 20.1. The number of ether oxygens (including phenoxy) is 1. The van der Waals surface area contributed by atoms with Gasteiger partial charge >= 0.3 is 0 Å². The number of carbonyl (C=O) groups is 2. The third-order valence-corrected chi connectivity index (χ3v) is 4.00. The quantitative estimate of drug-likeness (QED) is 0.614. The minimum absolute atomic E-state index is 0.282. The van der Waals surface area contributed by atoms with E-state index in [4.69, 9.17) is 4.74 Å². The number of nitrogens with one attached hydrogen (secondary N) is 1. The lowest BCUT2D eigenvalue weighted by Crippen LogP contribution is -2.31. The number of carboxylic acid groups (broad SMARTS) is 1. The highest BCUT2D eigenvalue weighted by Gasteiger charge is 2.30. The number of aliphatic carboxylic acids is 1. The molecule has 1 aromatic rings. The summed E-state index contributed by atoms with van der Waals surface area (Å²) in [5.41, 5.74) is 1.53. The van der Waals surface area contributed by atoms with E-state index in [1.165, 1.54) is 0 Å². The zero-order valence-corrected chi connectivity index (χ0v) is 12.8. The predicted octanol–water partition coefficient (Wildman–Crippen LogP) is 0.147. The van der Waals surface area contributed by atoms with E-state index in [-0.39, 0.29) is 11.6 Å². The van der Waals surface area contributed by atoms with Gasteiger partial charge in [0.2, 0.25) is 5.91 Å². The molecule has 0 bridgehead atoms. The third-order valence-electron chi connectivity index (χ3n) is 2.93. The van der Waals surface area contributed by atoms with Crippen LogP contribution in [0.1, 0.15) is 18.9 Å². The maximum absolute atomic E-state index is 11.5. The Kier molecular flexibility index (Phi) is 5.16. The second-order valence-corrected chi connectivity index (χ2v) is 5.68. The maximum Gasteiger partial charge on any atom is 0.239 e. The average Bonchev–Trinajstić information content (AvgIpc) is 2.84. The van der Waals surface area contributed by atoms with Gasteiger partial charge in [0.25, 0.3) is 0 Å². The molecule has 1 heterocycles. The van der Waals surface area contributed by atoms with E-state index in [9.17, 15) is 14.7 Å². The molecule has 8 heteroatoms. The molecule has 0 unspecified atom stereocenters. The highest BCUT2D eigenvalue weighted by molar-refractivity contribution is 8.15. The van der Waals surface area contributed by atoms with E-state index in [0.717, 1.165) is 23.1 Å². The number of nitrogens with zero attached hydrogens (tertiary/aromatic N) is 2. The van der Waals surface area contributed by atoms with Gasteiger partial charge in [0.1, 0.15) is 5.75 Å². The maximum atomic E-state index is 11.5. The Balaban J connectivity index is 2.06. The van der Waals surface area contributed by atoms with Crippen molar-refractivity contribution in [3.8, 4) is 5.75 Å². The molecular weight excluding hydrogens is 306 g/mol. The molecule has 1 aliphatic rings. The second kappa shape index (κ2) is 7.08. The number of thioether (sulfide) groups is 1. The second-order valence-electron chi connectivity index (χ2n) is 4.49. The van der Waals surface area contributed by atoms with Crippen molar-refractivity contribution >= 4 is 34.5 Å². The molecule has 1 saturated heterocycles. The molecule has 0 spiro atoms. The van der Waals surface area contributed by atoms with Gasteiger partial charge in [-0.25, -0.2) is 0 Å². The molecule has 1 fully saturated rings. The van der Waals surface area contributed by atoms with Crippen molar-refractivity contribution in [2.24, 2.45) is 10.2 Å². The van der Waals surface area contributed by atoms with E-state index >= 15 is 0 Å². The molecule has 0 aromatic heterocycles. The Morgan fingerprint density at radius 3 is 2.68 bits per heavy atom. The van der Waals surface area contributed by atoms with E-state index in [1.807, 2.05) is 24.3 Å². The number of hydrogen-bond acceptors (Lipinski definition) is 7. The molecule has 1 aromatic carbocycles. The zero-order chi connectivity index (χ0) is 16.1. The van der Waals surface area contributed by atoms with E-state index < -0.39 is 17.1 Å². The Morgan fingerprint density at radius 1 is 1.41 bits per heavy atom. The van der Waals surface area contributed by atoms with Crippen LogP contribution in [0.2, 0.25) is 0 Å². The highest BCUT2D eigenvalue weighted by Crippen LogP contribution is 2.22. The summed E-state index contributed by atoms with van der Waals surface area (Å²) in [6, 6.07) is 7.31. The summed E-state index contributed by atoms with van der Waals surface area (Å²) in [5, 5.41) is 20.6. The first-order valence-electron chi connectivity index (χ1n) is 6.43. The first-order chi connectivity index (χ1) is 10.5. The summed E-state index contributed by atoms with van der Waals surface area (Å²) in [5.74, 6) is -0.927. The zero-order valence-electron chi connectivity index (χ0n) is 12.0. The summed E-state index contributed by atoms with van der Waals surface area (Å²) in [6.07, 6.45) is -0.350. The Labute approximate surface area is 131 Å². The topological polar surface area (TPSA) is 103 Å². The monoisotopic (exact) mass is 320 g/mol. The van der Waals surface area contributed by atoms with Crippen molar-refractivity contribution in [2.75, 3.05) is 7.11 Å². The van der Waals surface area contributed by atoms with Crippen LogP contribution in [0.15, 0.2) is 34.5 Å². The van der Waals surface area contributed by atoms with Gasteiger partial charge in [-0.3, -0.25) is 4.79 Å². The van der Waals surface area contributed by atoms with Gasteiger partial charge in [0.15, 0.2) is 5.17 Å². The van der Waals surface area contributed by atoms with Crippen LogP contribution in [-0.2, 0) is 9.59 Å². The fourth-order valence-corrected chi connectivity index (χ4v) is 2.65. The number of carbonyl (C=O) groups excluding carboxylic acids is 2. The first-order valence-corrected chi connectivity index (χ1v) is 7.31. The number of amides is 1. The molecule has 0 radical (unpaired) electrons. The summed E-state index contributed by atoms with van der Waals surface area (Å²) in [6.45, 7) is 1.78. The summed E-state index contributed by atoms with van der Waals surface area (Å²) >= 11 is 1.03. The average molecular weight is 320 g/mol. The Hall–Kier alpha value is -2.35. The number of hydrogen-bond donors (Lipinski definition) is 1. The largest absolute Gasteiger partial charge is 0.550 e. The van der Waals surface area contributed by atoms with Gasteiger partial charge in [-0.05, 0) is 36.8 Å². The van der Waals surface area contributed by atoms with Crippen molar-refractivity contribution in [2.45, 2.75) is 18.6 Å². The number of amidine groups is 1. The van der Waals surface area contributed by atoms with Gasteiger partial charge in [-0.15, -0.1) is 5.10 Å². The third kappa shape index (κ3) is 4.08. The van der Waals surface area contributed by atoms with Crippen molar-refractivity contribution in [3.63, 3.8) is 0 Å². The van der Waals surface area contributed by atoms with E-state index in [0.29, 0.717) is 5.71 Å². The molecule has 0 aliphatic carbocycles. The van der Waals surface area contributed by atoms with Gasteiger partial charge < -0.3 is 20.0 Å². The smallest absolute Gasteiger partial charge is 0.239 e. The number of benzene rings is 1. The fraction of sp³-hybridized carbons (Fsp3) is 0.286. The minimum Gasteiger partial charge on any atom is -0.550 e. The Bertz CT molecular complexity index is 640. The van der Waals surface area contributed by atoms with Crippen LogP contribution in [0, 0.1) is 0 Å². The fourth-order valence-electron chi connectivity index (χ4n) is 1.75. The van der Waals surface area contributed by atoms with Crippen molar-refractivity contribution in [1.29, 1.82) is 0 Å². The predicted molar refractivity (Wildman–Crippen MR) is 81.8 cm³/mol. The number of rotatable bonds is 5. The molecule has 7 nitrogen and oxygen atoms in total. The molecule has 1 aliphatic heterocycles. The van der Waals surface area contributed by atoms with Gasteiger partial charge in [0.05, 0.1) is 18.1 Å². The van der Waals surface area contributed by atoms with Crippen molar-refractivity contribution < 1.29 is 19.4 Å². The lowest BCUT2D eigenvalue weighted by Gasteiger charge is -2.04. The molecule has 1 atom stereocenters. The van der Waals surface area contributed by atoms with Crippen LogP contribution in [0.5, 0.6) is 5.75 Å². The molecule has 22 heavy (non-hydrogen) atoms. The summed E-state index contributed by atoms with van der Waals surface area (Å²) < 4.78 is 5.07. The summed E-state index contributed by atoms with van der Waals surface area (Å²) in [7, 11) is 1.59. The molecule has 1 amide bonds. The molecule has 116 valence electrons.